The van der Waals surface area contributed by atoms with Gasteiger partial charge < -0.3 is 10.6 Å². The summed E-state index contributed by atoms with van der Waals surface area (Å²) < 4.78 is 14.0. The lowest BCUT2D eigenvalue weighted by atomic mass is 9.95. The van der Waals surface area contributed by atoms with E-state index in [0.29, 0.717) is 11.3 Å². The first-order valence-electron chi connectivity index (χ1n) is 10.7. The lowest BCUT2D eigenvalue weighted by Crippen LogP contribution is -2.46. The molecule has 1 aromatic heterocycles. The molecule has 0 radical (unpaired) electrons. The summed E-state index contributed by atoms with van der Waals surface area (Å²) in [4.78, 5) is 4.77. The van der Waals surface area contributed by atoms with Crippen molar-refractivity contribution >= 4 is 16.8 Å². The topological polar surface area (TPSA) is 71.3 Å². The monoisotopic (exact) mass is 415 g/mol. The molecule has 2 aromatic rings. The van der Waals surface area contributed by atoms with Crippen molar-refractivity contribution in [2.24, 2.45) is 4.99 Å². The zero-order chi connectivity index (χ0) is 20.5. The Kier molecular flexibility index (Phi) is 8.28. The molecule has 0 aliphatic heterocycles. The zero-order valence-electron chi connectivity index (χ0n) is 17.5. The van der Waals surface area contributed by atoms with Crippen molar-refractivity contribution in [1.29, 1.82) is 0 Å². The molecular formula is C22H33N5OS. The fourth-order valence-corrected chi connectivity index (χ4v) is 5.15. The third kappa shape index (κ3) is 6.42. The number of rotatable bonds is 8. The zero-order valence-corrected chi connectivity index (χ0v) is 18.3. The number of benzene rings is 1. The van der Waals surface area contributed by atoms with Crippen LogP contribution in [0.25, 0.3) is 5.69 Å². The Morgan fingerprint density at radius 2 is 2.10 bits per heavy atom. The molecule has 3 atom stereocenters. The summed E-state index contributed by atoms with van der Waals surface area (Å²) in [5, 5.41) is 11.5. The van der Waals surface area contributed by atoms with Crippen LogP contribution in [0.4, 0.5) is 0 Å². The highest BCUT2D eigenvalue weighted by Gasteiger charge is 2.25. The van der Waals surface area contributed by atoms with Gasteiger partial charge in [0, 0.05) is 53.3 Å². The van der Waals surface area contributed by atoms with Gasteiger partial charge in [0.15, 0.2) is 5.96 Å². The number of nitrogens with one attached hydrogen (secondary N) is 2. The Hall–Kier alpha value is -2.15. The summed E-state index contributed by atoms with van der Waals surface area (Å²) in [5.41, 5.74) is 2.32. The molecule has 7 heteroatoms. The van der Waals surface area contributed by atoms with Crippen LogP contribution in [0.1, 0.15) is 45.1 Å². The van der Waals surface area contributed by atoms with Gasteiger partial charge in [0.25, 0.3) is 0 Å². The molecule has 1 fully saturated rings. The van der Waals surface area contributed by atoms with Crippen LogP contribution in [-0.4, -0.2) is 50.1 Å². The average Bonchev–Trinajstić information content (AvgIpc) is 3.29. The fourth-order valence-electron chi connectivity index (χ4n) is 3.80. The summed E-state index contributed by atoms with van der Waals surface area (Å²) in [7, 11) is -0.703. The molecule has 0 spiro atoms. The molecule has 6 nitrogen and oxygen atoms in total. The second kappa shape index (κ2) is 11.1. The van der Waals surface area contributed by atoms with Crippen molar-refractivity contribution in [3.63, 3.8) is 0 Å². The third-order valence-corrected chi connectivity index (χ3v) is 7.08. The summed E-state index contributed by atoms with van der Waals surface area (Å²) in [5.74, 6) is 1.62. The van der Waals surface area contributed by atoms with Gasteiger partial charge in [0.1, 0.15) is 0 Å². The fraction of sp³-hybridized carbons (Fsp3) is 0.545. The molecule has 29 heavy (non-hydrogen) atoms. The number of aromatic nitrogens is 2. The van der Waals surface area contributed by atoms with Gasteiger partial charge in [0.2, 0.25) is 0 Å². The number of guanidine groups is 1. The van der Waals surface area contributed by atoms with E-state index in [0.717, 1.165) is 62.6 Å². The Morgan fingerprint density at radius 3 is 2.79 bits per heavy atom. The molecule has 3 rings (SSSR count). The lowest BCUT2D eigenvalue weighted by Gasteiger charge is -2.30. The standard InChI is InChI=1S/C22H33N5OS/c1-3-23-22(26-19-7-5-8-21(17-19)29(28)4-2)24-15-13-18-9-11-20(12-10-18)27-16-6-14-25-27/h6,9-12,14,16,19,21H,3-5,7-8,13,15,17H2,1-2H3,(H2,23,24,26). The van der Waals surface area contributed by atoms with E-state index in [2.05, 4.69) is 46.9 Å². The smallest absolute Gasteiger partial charge is 0.191 e. The first-order valence-corrected chi connectivity index (χ1v) is 12.1. The lowest BCUT2D eigenvalue weighted by molar-refractivity contribution is 0.413. The van der Waals surface area contributed by atoms with E-state index in [-0.39, 0.29) is 0 Å². The van der Waals surface area contributed by atoms with Crippen LogP contribution >= 0.6 is 0 Å². The normalized spacial score (nSPS) is 21.0. The van der Waals surface area contributed by atoms with Crippen LogP contribution in [0.2, 0.25) is 0 Å². The average molecular weight is 416 g/mol. The first kappa shape index (κ1) is 21.6. The van der Waals surface area contributed by atoms with Gasteiger partial charge in [-0.05, 0) is 56.4 Å². The van der Waals surface area contributed by atoms with Crippen molar-refractivity contribution in [3.8, 4) is 5.69 Å². The number of hydrogen-bond acceptors (Lipinski definition) is 3. The quantitative estimate of drug-likeness (QED) is 0.513. The second-order valence-corrected chi connectivity index (χ2v) is 9.43. The van der Waals surface area contributed by atoms with E-state index in [4.69, 9.17) is 4.99 Å². The minimum atomic E-state index is -0.703. The van der Waals surface area contributed by atoms with E-state index in [9.17, 15) is 4.21 Å². The molecule has 1 aromatic carbocycles. The molecular weight excluding hydrogens is 382 g/mol. The van der Waals surface area contributed by atoms with Crippen molar-refractivity contribution in [2.45, 2.75) is 57.2 Å². The second-order valence-electron chi connectivity index (χ2n) is 7.43. The Bertz CT molecular complexity index is 788. The Labute approximate surface area is 176 Å². The maximum absolute atomic E-state index is 12.2. The van der Waals surface area contributed by atoms with Gasteiger partial charge in [-0.25, -0.2) is 4.68 Å². The van der Waals surface area contributed by atoms with E-state index in [1.54, 1.807) is 6.20 Å². The van der Waals surface area contributed by atoms with Gasteiger partial charge >= 0.3 is 0 Å². The molecule has 1 saturated carbocycles. The van der Waals surface area contributed by atoms with Gasteiger partial charge in [0.05, 0.1) is 5.69 Å². The van der Waals surface area contributed by atoms with Crippen LogP contribution in [0, 0.1) is 0 Å². The highest BCUT2D eigenvalue weighted by Crippen LogP contribution is 2.23. The van der Waals surface area contributed by atoms with Crippen molar-refractivity contribution in [3.05, 3.63) is 48.3 Å². The summed E-state index contributed by atoms with van der Waals surface area (Å²) in [6.45, 7) is 5.66. The molecule has 2 N–H and O–H groups in total. The van der Waals surface area contributed by atoms with Crippen molar-refractivity contribution in [1.82, 2.24) is 20.4 Å². The van der Waals surface area contributed by atoms with Gasteiger partial charge in [-0.15, -0.1) is 0 Å². The third-order valence-electron chi connectivity index (χ3n) is 5.34. The SMILES string of the molecule is CCNC(=NCCc1ccc(-n2cccn2)cc1)NC1CCCC(S(=O)CC)C1. The van der Waals surface area contributed by atoms with Crippen molar-refractivity contribution in [2.75, 3.05) is 18.8 Å². The van der Waals surface area contributed by atoms with Crippen LogP contribution in [0.15, 0.2) is 47.7 Å². The van der Waals surface area contributed by atoms with Crippen LogP contribution in [0.3, 0.4) is 0 Å². The molecule has 0 saturated heterocycles. The molecule has 0 amide bonds. The molecule has 0 bridgehead atoms. The van der Waals surface area contributed by atoms with Crippen molar-refractivity contribution < 1.29 is 4.21 Å². The van der Waals surface area contributed by atoms with Gasteiger partial charge in [-0.1, -0.05) is 25.5 Å². The Morgan fingerprint density at radius 1 is 1.28 bits per heavy atom. The summed E-state index contributed by atoms with van der Waals surface area (Å²) in [6.07, 6.45) is 8.93. The summed E-state index contributed by atoms with van der Waals surface area (Å²) in [6, 6.07) is 10.7. The first-order chi connectivity index (χ1) is 14.2. The van der Waals surface area contributed by atoms with Crippen LogP contribution < -0.4 is 10.6 Å². The largest absolute Gasteiger partial charge is 0.357 e. The van der Waals surface area contributed by atoms with E-state index < -0.39 is 10.8 Å². The highest BCUT2D eigenvalue weighted by atomic mass is 32.2. The van der Waals surface area contributed by atoms with Crippen LogP contribution in [0.5, 0.6) is 0 Å². The van der Waals surface area contributed by atoms with E-state index >= 15 is 0 Å². The van der Waals surface area contributed by atoms with Gasteiger partial charge in [-0.2, -0.15) is 5.10 Å². The van der Waals surface area contributed by atoms with E-state index in [1.807, 2.05) is 23.9 Å². The predicted octanol–water partition coefficient (Wildman–Crippen LogP) is 3.05. The summed E-state index contributed by atoms with van der Waals surface area (Å²) >= 11 is 0. The molecule has 1 heterocycles. The molecule has 1 aliphatic rings. The van der Waals surface area contributed by atoms with E-state index in [1.165, 1.54) is 5.56 Å². The maximum Gasteiger partial charge on any atom is 0.191 e. The molecule has 158 valence electrons. The number of nitrogens with zero attached hydrogens (tertiary/aromatic N) is 3. The van der Waals surface area contributed by atoms with Crippen LogP contribution in [-0.2, 0) is 17.2 Å². The molecule has 1 aliphatic carbocycles. The van der Waals surface area contributed by atoms with Gasteiger partial charge in [-0.3, -0.25) is 9.20 Å². The minimum Gasteiger partial charge on any atom is -0.357 e. The molecule has 3 unspecified atom stereocenters. The minimum absolute atomic E-state index is 0.322. The maximum atomic E-state index is 12.2. The predicted molar refractivity (Wildman–Crippen MR) is 121 cm³/mol. The number of hydrogen-bond donors (Lipinski definition) is 2. The Balaban J connectivity index is 1.53. The number of aliphatic imine (C=N–C) groups is 1. The highest BCUT2D eigenvalue weighted by molar-refractivity contribution is 7.85.